The van der Waals surface area contributed by atoms with Gasteiger partial charge in [-0.2, -0.15) is 5.10 Å². The number of hydrogen-bond acceptors (Lipinski definition) is 3. The van der Waals surface area contributed by atoms with Gasteiger partial charge in [0.1, 0.15) is 0 Å². The first-order valence-corrected chi connectivity index (χ1v) is 7.56. The number of aromatic nitrogens is 2. The van der Waals surface area contributed by atoms with Crippen LogP contribution in [0.15, 0.2) is 36.7 Å². The fourth-order valence-electron chi connectivity index (χ4n) is 2.22. The molecule has 0 aliphatic carbocycles. The molecule has 1 N–H and O–H groups in total. The lowest BCUT2D eigenvalue weighted by Crippen LogP contribution is -2.31. The van der Waals surface area contributed by atoms with Gasteiger partial charge in [-0.1, -0.05) is 29.8 Å². The van der Waals surface area contributed by atoms with E-state index in [4.69, 9.17) is 11.6 Å². The topological polar surface area (TPSA) is 50.2 Å². The van der Waals surface area contributed by atoms with E-state index in [1.807, 2.05) is 44.4 Å². The van der Waals surface area contributed by atoms with Crippen LogP contribution in [0, 0.1) is 0 Å². The number of carbonyl (C=O) groups is 1. The largest absolute Gasteiger partial charge is 0.380 e. The van der Waals surface area contributed by atoms with Gasteiger partial charge in [-0.25, -0.2) is 0 Å². The minimum atomic E-state index is 0.0328. The van der Waals surface area contributed by atoms with Crippen LogP contribution in [0.25, 0.3) is 0 Å². The lowest BCUT2D eigenvalue weighted by atomic mass is 10.2. The van der Waals surface area contributed by atoms with Gasteiger partial charge >= 0.3 is 0 Å². The Morgan fingerprint density at radius 1 is 1.45 bits per heavy atom. The van der Waals surface area contributed by atoms with Gasteiger partial charge in [0.05, 0.1) is 11.9 Å². The molecular weight excluding hydrogens is 300 g/mol. The van der Waals surface area contributed by atoms with Gasteiger partial charge in [0.25, 0.3) is 0 Å². The Morgan fingerprint density at radius 2 is 2.18 bits per heavy atom. The summed E-state index contributed by atoms with van der Waals surface area (Å²) in [5, 5.41) is 8.04. The number of anilines is 1. The molecule has 1 amide bonds. The quantitative estimate of drug-likeness (QED) is 0.890. The Labute approximate surface area is 135 Å². The first-order chi connectivity index (χ1) is 10.5. The van der Waals surface area contributed by atoms with Gasteiger partial charge in [-0.15, -0.1) is 0 Å². The summed E-state index contributed by atoms with van der Waals surface area (Å²) in [6.45, 7) is 2.49. The molecular formula is C16H21ClN4O. The van der Waals surface area contributed by atoms with Crippen LogP contribution < -0.4 is 5.32 Å². The number of hydrogen-bond donors (Lipinski definition) is 1. The second kappa shape index (κ2) is 7.31. The van der Waals surface area contributed by atoms with Gasteiger partial charge in [-0.05, 0) is 18.6 Å². The zero-order valence-corrected chi connectivity index (χ0v) is 13.8. The smallest absolute Gasteiger partial charge is 0.224 e. The lowest BCUT2D eigenvalue weighted by molar-refractivity contribution is -0.130. The van der Waals surface area contributed by atoms with Crippen LogP contribution in [-0.2, 0) is 18.4 Å². The number of benzene rings is 1. The molecule has 1 aromatic carbocycles. The summed E-state index contributed by atoms with van der Waals surface area (Å²) in [6, 6.07) is 7.61. The normalized spacial score (nSPS) is 12.0. The predicted octanol–water partition coefficient (Wildman–Crippen LogP) is 2.92. The van der Waals surface area contributed by atoms with E-state index in [1.54, 1.807) is 22.8 Å². The maximum Gasteiger partial charge on any atom is 0.224 e. The molecule has 0 saturated heterocycles. The maximum atomic E-state index is 12.3. The zero-order chi connectivity index (χ0) is 16.1. The fourth-order valence-corrected chi connectivity index (χ4v) is 2.41. The molecule has 2 rings (SSSR count). The first kappa shape index (κ1) is 16.4. The van der Waals surface area contributed by atoms with Crippen molar-refractivity contribution < 1.29 is 4.79 Å². The third-order valence-corrected chi connectivity index (χ3v) is 3.76. The molecule has 0 aliphatic rings. The molecule has 0 saturated carbocycles. The van der Waals surface area contributed by atoms with Crippen LogP contribution in [0.2, 0.25) is 5.02 Å². The van der Waals surface area contributed by atoms with E-state index >= 15 is 0 Å². The lowest BCUT2D eigenvalue weighted by Gasteiger charge is -2.21. The molecule has 1 aromatic heterocycles. The Hall–Kier alpha value is -2.01. The number of carbonyl (C=O) groups excluding carboxylic acids is 1. The summed E-state index contributed by atoms with van der Waals surface area (Å²) >= 11 is 6.13. The zero-order valence-electron chi connectivity index (χ0n) is 13.1. The first-order valence-electron chi connectivity index (χ1n) is 7.18. The molecule has 6 heteroatoms. The van der Waals surface area contributed by atoms with Crippen molar-refractivity contribution >= 4 is 23.2 Å². The van der Waals surface area contributed by atoms with Crippen LogP contribution in [-0.4, -0.2) is 33.7 Å². The third kappa shape index (κ3) is 4.49. The summed E-state index contributed by atoms with van der Waals surface area (Å²) in [7, 11) is 3.65. The van der Waals surface area contributed by atoms with E-state index in [1.165, 1.54) is 0 Å². The second-order valence-corrected chi connectivity index (χ2v) is 5.90. The van der Waals surface area contributed by atoms with Crippen molar-refractivity contribution in [1.82, 2.24) is 14.7 Å². The van der Waals surface area contributed by atoms with Crippen LogP contribution >= 0.6 is 11.6 Å². The van der Waals surface area contributed by atoms with Gasteiger partial charge in [-0.3, -0.25) is 9.48 Å². The van der Waals surface area contributed by atoms with E-state index in [9.17, 15) is 4.79 Å². The van der Waals surface area contributed by atoms with Crippen LogP contribution in [0.1, 0.15) is 18.9 Å². The van der Waals surface area contributed by atoms with Crippen molar-refractivity contribution in [2.24, 2.45) is 7.05 Å². The maximum absolute atomic E-state index is 12.3. The highest BCUT2D eigenvalue weighted by atomic mass is 35.5. The molecule has 0 fully saturated rings. The van der Waals surface area contributed by atoms with E-state index in [-0.39, 0.29) is 11.9 Å². The fraction of sp³-hybridized carbons (Fsp3) is 0.375. The predicted molar refractivity (Wildman–Crippen MR) is 88.8 cm³/mol. The summed E-state index contributed by atoms with van der Waals surface area (Å²) < 4.78 is 1.72. The number of halogens is 1. The number of nitrogens with one attached hydrogen (secondary N) is 1. The Kier molecular flexibility index (Phi) is 5.44. The summed E-state index contributed by atoms with van der Waals surface area (Å²) in [5.41, 5.74) is 1.87. The summed E-state index contributed by atoms with van der Waals surface area (Å²) in [4.78, 5) is 14.0. The summed E-state index contributed by atoms with van der Waals surface area (Å²) in [5.74, 6) is 0.0730. The number of aryl methyl sites for hydroxylation is 1. The molecule has 0 unspecified atom stereocenters. The van der Waals surface area contributed by atoms with E-state index < -0.39 is 0 Å². The molecule has 2 aromatic rings. The molecule has 0 aliphatic heterocycles. The van der Waals surface area contributed by atoms with Crippen molar-refractivity contribution in [2.45, 2.75) is 25.9 Å². The Morgan fingerprint density at radius 3 is 2.82 bits per heavy atom. The third-order valence-electron chi connectivity index (χ3n) is 3.39. The minimum absolute atomic E-state index is 0.0328. The molecule has 0 bridgehead atoms. The number of rotatable bonds is 6. The van der Waals surface area contributed by atoms with Gasteiger partial charge in [0, 0.05) is 44.3 Å². The minimum Gasteiger partial charge on any atom is -0.380 e. The van der Waals surface area contributed by atoms with E-state index in [0.29, 0.717) is 18.0 Å². The average Bonchev–Trinajstić information content (AvgIpc) is 2.86. The number of nitrogens with zero attached hydrogens (tertiary/aromatic N) is 3. The van der Waals surface area contributed by atoms with Crippen molar-refractivity contribution in [3.8, 4) is 0 Å². The van der Waals surface area contributed by atoms with Crippen LogP contribution in [0.3, 0.4) is 0 Å². The molecule has 1 heterocycles. The monoisotopic (exact) mass is 320 g/mol. The van der Waals surface area contributed by atoms with Gasteiger partial charge in [0.15, 0.2) is 0 Å². The highest BCUT2D eigenvalue weighted by Gasteiger charge is 2.15. The molecule has 0 spiro atoms. The van der Waals surface area contributed by atoms with Crippen molar-refractivity contribution in [1.29, 1.82) is 0 Å². The second-order valence-electron chi connectivity index (χ2n) is 5.49. The van der Waals surface area contributed by atoms with Crippen LogP contribution in [0.4, 0.5) is 5.69 Å². The van der Waals surface area contributed by atoms with Gasteiger partial charge < -0.3 is 10.2 Å². The van der Waals surface area contributed by atoms with Crippen molar-refractivity contribution in [3.63, 3.8) is 0 Å². The highest BCUT2D eigenvalue weighted by Crippen LogP contribution is 2.17. The van der Waals surface area contributed by atoms with Gasteiger partial charge in [0.2, 0.25) is 5.91 Å². The molecule has 118 valence electrons. The average molecular weight is 321 g/mol. The highest BCUT2D eigenvalue weighted by molar-refractivity contribution is 6.31. The molecule has 22 heavy (non-hydrogen) atoms. The molecule has 5 nitrogen and oxygen atoms in total. The standard InChI is InChI=1S/C16H21ClN4O/c1-12(19-14-9-18-21(3)11-14)8-16(22)20(2)10-13-6-4-5-7-15(13)17/h4-7,9,11-12,19H,8,10H2,1-3H3/t12-/m1/s1. The number of amides is 1. The molecule has 0 radical (unpaired) electrons. The SMILES string of the molecule is C[C@H](CC(=O)N(C)Cc1ccccc1Cl)Nc1cnn(C)c1. The molecule has 1 atom stereocenters. The van der Waals surface area contributed by atoms with Crippen LogP contribution in [0.5, 0.6) is 0 Å². The Bertz CT molecular complexity index is 641. The summed E-state index contributed by atoms with van der Waals surface area (Å²) in [6.07, 6.45) is 4.04. The van der Waals surface area contributed by atoms with Crippen molar-refractivity contribution in [3.05, 3.63) is 47.2 Å². The van der Waals surface area contributed by atoms with E-state index in [0.717, 1.165) is 11.3 Å². The Balaban J connectivity index is 1.87. The van der Waals surface area contributed by atoms with E-state index in [2.05, 4.69) is 10.4 Å². The van der Waals surface area contributed by atoms with Crippen molar-refractivity contribution in [2.75, 3.05) is 12.4 Å².